The molecule has 1 fully saturated rings. The summed E-state index contributed by atoms with van der Waals surface area (Å²) in [5, 5.41) is 3.55. The van der Waals surface area contributed by atoms with Crippen LogP contribution in [0.25, 0.3) is 0 Å². The molecule has 3 nitrogen and oxygen atoms in total. The van der Waals surface area contributed by atoms with Gasteiger partial charge in [-0.15, -0.1) is 0 Å². The first kappa shape index (κ1) is 15.3. The quantitative estimate of drug-likeness (QED) is 0.821. The molecule has 1 aliphatic rings. The van der Waals surface area contributed by atoms with Crippen LogP contribution in [-0.4, -0.2) is 24.6 Å². The van der Waals surface area contributed by atoms with E-state index in [1.54, 1.807) is 0 Å². The van der Waals surface area contributed by atoms with Crippen molar-refractivity contribution < 1.29 is 0 Å². The van der Waals surface area contributed by atoms with Gasteiger partial charge in [0.15, 0.2) is 0 Å². The Morgan fingerprint density at radius 2 is 2.25 bits per heavy atom. The van der Waals surface area contributed by atoms with Gasteiger partial charge in [-0.2, -0.15) is 0 Å². The van der Waals surface area contributed by atoms with Crippen LogP contribution in [0.1, 0.15) is 58.1 Å². The maximum absolute atomic E-state index is 4.58. The Bertz CT molecular complexity index is 405. The monoisotopic (exact) mass is 275 g/mol. The zero-order valence-electron chi connectivity index (χ0n) is 13.2. The van der Waals surface area contributed by atoms with E-state index in [2.05, 4.69) is 48.1 Å². The lowest BCUT2D eigenvalue weighted by Crippen LogP contribution is -2.22. The highest BCUT2D eigenvalue weighted by molar-refractivity contribution is 5.42. The Kier molecular flexibility index (Phi) is 5.84. The summed E-state index contributed by atoms with van der Waals surface area (Å²) in [6, 6.07) is 4.81. The van der Waals surface area contributed by atoms with E-state index in [1.807, 2.05) is 6.20 Å². The van der Waals surface area contributed by atoms with Crippen molar-refractivity contribution >= 4 is 5.82 Å². The van der Waals surface area contributed by atoms with Gasteiger partial charge in [0, 0.05) is 25.3 Å². The van der Waals surface area contributed by atoms with E-state index >= 15 is 0 Å². The minimum Gasteiger partial charge on any atom is -0.356 e. The molecule has 0 aromatic carbocycles. The molecule has 1 aromatic rings. The molecular weight excluding hydrogens is 246 g/mol. The lowest BCUT2D eigenvalue weighted by atomic mass is 10.0. The number of rotatable bonds is 7. The Labute approximate surface area is 123 Å². The number of hydrogen-bond acceptors (Lipinski definition) is 3. The fraction of sp³-hybridized carbons (Fsp3) is 0.706. The maximum Gasteiger partial charge on any atom is 0.128 e. The maximum atomic E-state index is 4.58. The molecule has 0 radical (unpaired) electrons. The zero-order valence-corrected chi connectivity index (χ0v) is 13.2. The molecule has 2 heterocycles. The van der Waals surface area contributed by atoms with Crippen molar-refractivity contribution in [2.75, 3.05) is 24.5 Å². The van der Waals surface area contributed by atoms with Crippen molar-refractivity contribution in [1.29, 1.82) is 0 Å². The highest BCUT2D eigenvalue weighted by Crippen LogP contribution is 2.26. The number of anilines is 1. The molecular formula is C17H29N3. The molecule has 20 heavy (non-hydrogen) atoms. The summed E-state index contributed by atoms with van der Waals surface area (Å²) in [5.74, 6) is 2.02. The molecule has 0 aliphatic carbocycles. The number of aromatic nitrogens is 1. The van der Waals surface area contributed by atoms with Crippen molar-refractivity contribution in [3.8, 4) is 0 Å². The minimum atomic E-state index is 0.408. The van der Waals surface area contributed by atoms with Gasteiger partial charge >= 0.3 is 0 Å². The van der Waals surface area contributed by atoms with Gasteiger partial charge in [-0.1, -0.05) is 20.3 Å². The van der Waals surface area contributed by atoms with Gasteiger partial charge in [0.2, 0.25) is 0 Å². The van der Waals surface area contributed by atoms with Gasteiger partial charge in [-0.3, -0.25) is 0 Å². The van der Waals surface area contributed by atoms with Crippen LogP contribution in [-0.2, 0) is 0 Å². The molecule has 2 atom stereocenters. The number of nitrogens with one attached hydrogen (secondary N) is 1. The SMILES string of the molecule is CCCNC(C)c1ccnc(N2CCC(CCC)C2)c1. The van der Waals surface area contributed by atoms with E-state index in [-0.39, 0.29) is 0 Å². The highest BCUT2D eigenvalue weighted by atomic mass is 15.2. The Morgan fingerprint density at radius 3 is 3.00 bits per heavy atom. The van der Waals surface area contributed by atoms with Crippen molar-refractivity contribution in [3.05, 3.63) is 23.9 Å². The normalized spacial score (nSPS) is 20.4. The van der Waals surface area contributed by atoms with E-state index < -0.39 is 0 Å². The summed E-state index contributed by atoms with van der Waals surface area (Å²) in [5.41, 5.74) is 1.35. The van der Waals surface area contributed by atoms with Gasteiger partial charge < -0.3 is 10.2 Å². The molecule has 3 heteroatoms. The van der Waals surface area contributed by atoms with Crippen LogP contribution in [0.3, 0.4) is 0 Å². The highest BCUT2D eigenvalue weighted by Gasteiger charge is 2.23. The van der Waals surface area contributed by atoms with Crippen molar-refractivity contribution in [1.82, 2.24) is 10.3 Å². The molecule has 112 valence electrons. The van der Waals surface area contributed by atoms with Crippen LogP contribution in [0.2, 0.25) is 0 Å². The average molecular weight is 275 g/mol. The topological polar surface area (TPSA) is 28.2 Å². The van der Waals surface area contributed by atoms with Crippen molar-refractivity contribution in [3.63, 3.8) is 0 Å². The standard InChI is InChI=1S/C17H29N3/c1-4-6-15-8-11-20(13-15)17-12-16(7-10-19-17)14(3)18-9-5-2/h7,10,12,14-15,18H,4-6,8-9,11,13H2,1-3H3. The fourth-order valence-electron chi connectivity index (χ4n) is 3.04. The minimum absolute atomic E-state index is 0.408. The third-order valence-corrected chi connectivity index (χ3v) is 4.28. The molecule has 2 rings (SSSR count). The first-order chi connectivity index (χ1) is 9.74. The molecule has 0 saturated carbocycles. The van der Waals surface area contributed by atoms with Crippen LogP contribution in [0, 0.1) is 5.92 Å². The van der Waals surface area contributed by atoms with Crippen LogP contribution >= 0.6 is 0 Å². The van der Waals surface area contributed by atoms with Crippen molar-refractivity contribution in [2.45, 2.75) is 52.5 Å². The lowest BCUT2D eigenvalue weighted by molar-refractivity contribution is 0.529. The second kappa shape index (κ2) is 7.63. The third-order valence-electron chi connectivity index (χ3n) is 4.28. The molecule has 1 saturated heterocycles. The van der Waals surface area contributed by atoms with Crippen LogP contribution < -0.4 is 10.2 Å². The van der Waals surface area contributed by atoms with E-state index in [0.717, 1.165) is 24.8 Å². The summed E-state index contributed by atoms with van der Waals surface area (Å²) < 4.78 is 0. The smallest absolute Gasteiger partial charge is 0.128 e. The summed E-state index contributed by atoms with van der Waals surface area (Å²) in [6.07, 6.45) is 7.10. The molecule has 0 amide bonds. The third kappa shape index (κ3) is 3.95. The van der Waals surface area contributed by atoms with E-state index in [4.69, 9.17) is 0 Å². The molecule has 1 aromatic heterocycles. The van der Waals surface area contributed by atoms with Gasteiger partial charge in [0.25, 0.3) is 0 Å². The predicted molar refractivity (Wildman–Crippen MR) is 86.2 cm³/mol. The Hall–Kier alpha value is -1.09. The first-order valence-corrected chi connectivity index (χ1v) is 8.18. The fourth-order valence-corrected chi connectivity index (χ4v) is 3.04. The number of pyridine rings is 1. The summed E-state index contributed by atoms with van der Waals surface area (Å²) in [4.78, 5) is 7.03. The van der Waals surface area contributed by atoms with E-state index in [0.29, 0.717) is 6.04 Å². The van der Waals surface area contributed by atoms with Gasteiger partial charge in [0.05, 0.1) is 0 Å². The van der Waals surface area contributed by atoms with Gasteiger partial charge in [-0.25, -0.2) is 4.98 Å². The molecule has 2 unspecified atom stereocenters. The summed E-state index contributed by atoms with van der Waals surface area (Å²) in [6.45, 7) is 10.1. The van der Waals surface area contributed by atoms with Crippen LogP contribution in [0.15, 0.2) is 18.3 Å². The number of hydrogen-bond donors (Lipinski definition) is 1. The Balaban J connectivity index is 1.99. The molecule has 1 N–H and O–H groups in total. The first-order valence-electron chi connectivity index (χ1n) is 8.18. The predicted octanol–water partition coefficient (Wildman–Crippen LogP) is 3.77. The molecule has 1 aliphatic heterocycles. The van der Waals surface area contributed by atoms with Gasteiger partial charge in [0.1, 0.15) is 5.82 Å². The van der Waals surface area contributed by atoms with Crippen LogP contribution in [0.4, 0.5) is 5.82 Å². The van der Waals surface area contributed by atoms with E-state index in [9.17, 15) is 0 Å². The molecule has 0 spiro atoms. The largest absolute Gasteiger partial charge is 0.356 e. The average Bonchev–Trinajstić information content (AvgIpc) is 2.94. The second-order valence-electron chi connectivity index (χ2n) is 6.01. The number of nitrogens with zero attached hydrogens (tertiary/aromatic N) is 2. The molecule has 0 bridgehead atoms. The van der Waals surface area contributed by atoms with Crippen molar-refractivity contribution in [2.24, 2.45) is 5.92 Å². The van der Waals surface area contributed by atoms with Crippen LogP contribution in [0.5, 0.6) is 0 Å². The summed E-state index contributed by atoms with van der Waals surface area (Å²) in [7, 11) is 0. The lowest BCUT2D eigenvalue weighted by Gasteiger charge is -2.20. The van der Waals surface area contributed by atoms with E-state index in [1.165, 1.54) is 37.8 Å². The summed E-state index contributed by atoms with van der Waals surface area (Å²) >= 11 is 0. The van der Waals surface area contributed by atoms with Gasteiger partial charge in [-0.05, 0) is 56.3 Å². The Morgan fingerprint density at radius 1 is 1.40 bits per heavy atom. The second-order valence-corrected chi connectivity index (χ2v) is 6.01. The zero-order chi connectivity index (χ0) is 14.4.